The van der Waals surface area contributed by atoms with Gasteiger partial charge in [0.25, 0.3) is 5.91 Å². The molecule has 0 N–H and O–H groups in total. The van der Waals surface area contributed by atoms with Gasteiger partial charge < -0.3 is 9.47 Å². The highest BCUT2D eigenvalue weighted by Crippen LogP contribution is 2.24. The van der Waals surface area contributed by atoms with Crippen LogP contribution in [0.2, 0.25) is 0 Å². The highest BCUT2D eigenvalue weighted by atomic mass is 32.2. The first kappa shape index (κ1) is 17.5. The molecule has 1 fully saturated rings. The molecule has 0 spiro atoms. The lowest BCUT2D eigenvalue weighted by atomic mass is 10.1. The minimum atomic E-state index is -3.57. The van der Waals surface area contributed by atoms with Crippen LogP contribution >= 0.6 is 0 Å². The number of hydrogen-bond acceptors (Lipinski definition) is 7. The van der Waals surface area contributed by atoms with Gasteiger partial charge >= 0.3 is 0 Å². The number of carbonyl (C=O) groups excluding carboxylic acids is 1. The maximum atomic E-state index is 12.7. The third kappa shape index (κ3) is 3.16. The number of carbonyl (C=O) groups is 1. The molecule has 1 amide bonds. The van der Waals surface area contributed by atoms with Crippen LogP contribution in [0, 0.1) is 0 Å². The average Bonchev–Trinajstić information content (AvgIpc) is 3.14. The van der Waals surface area contributed by atoms with Gasteiger partial charge in [-0.15, -0.1) is 10.2 Å². The van der Waals surface area contributed by atoms with Crippen molar-refractivity contribution in [1.82, 2.24) is 29.6 Å². The normalized spacial score (nSPS) is 16.0. The second kappa shape index (κ2) is 6.69. The Morgan fingerprint density at radius 1 is 1.15 bits per heavy atom. The van der Waals surface area contributed by atoms with Crippen molar-refractivity contribution in [3.05, 3.63) is 42.5 Å². The van der Waals surface area contributed by atoms with Crippen LogP contribution in [-0.2, 0) is 16.9 Å². The van der Waals surface area contributed by atoms with Crippen LogP contribution in [0.3, 0.4) is 0 Å². The Balaban J connectivity index is 1.48. The van der Waals surface area contributed by atoms with E-state index < -0.39 is 15.1 Å². The molecule has 140 valence electrons. The number of sulfone groups is 1. The van der Waals surface area contributed by atoms with Gasteiger partial charge in [0.2, 0.25) is 15.0 Å². The van der Waals surface area contributed by atoms with Crippen molar-refractivity contribution >= 4 is 26.8 Å². The molecule has 2 aromatic heterocycles. The first-order chi connectivity index (χ1) is 13.0. The highest BCUT2D eigenvalue weighted by molar-refractivity contribution is 7.91. The van der Waals surface area contributed by atoms with Gasteiger partial charge in [0.15, 0.2) is 0 Å². The number of fused-ring (bicyclic) bond motifs is 1. The lowest BCUT2D eigenvalue weighted by Crippen LogP contribution is -2.43. The summed E-state index contributed by atoms with van der Waals surface area (Å²) in [6.45, 7) is 0.685. The van der Waals surface area contributed by atoms with E-state index in [0.29, 0.717) is 31.4 Å². The van der Waals surface area contributed by atoms with Gasteiger partial charge in [0.05, 0.1) is 22.5 Å². The first-order valence-electron chi connectivity index (χ1n) is 8.56. The summed E-state index contributed by atoms with van der Waals surface area (Å²) < 4.78 is 26.8. The van der Waals surface area contributed by atoms with E-state index in [9.17, 15) is 13.2 Å². The molecule has 0 saturated carbocycles. The van der Waals surface area contributed by atoms with Gasteiger partial charge in [0.1, 0.15) is 12.0 Å². The summed E-state index contributed by atoms with van der Waals surface area (Å²) in [5.41, 5.74) is 1.65. The van der Waals surface area contributed by atoms with Crippen LogP contribution in [0.1, 0.15) is 23.3 Å². The van der Waals surface area contributed by atoms with Crippen molar-refractivity contribution in [2.45, 2.75) is 23.2 Å². The summed E-state index contributed by atoms with van der Waals surface area (Å²) in [6.07, 6.45) is 3.53. The largest absolute Gasteiger partial charge is 0.337 e. The molecule has 0 atom stereocenters. The molecule has 1 aliphatic rings. The standard InChI is InChI=1S/C17H18N6O3S/c1-22-11-19-21-17(22)27(25,26)12-6-8-23(9-7-12)16(24)15-10-18-13-4-2-3-5-14(13)20-15/h2-5,10-12H,6-9H2,1H3. The minimum Gasteiger partial charge on any atom is -0.337 e. The van der Waals surface area contributed by atoms with Gasteiger partial charge in [-0.25, -0.2) is 13.4 Å². The molecule has 0 aliphatic carbocycles. The third-order valence-corrected chi connectivity index (χ3v) is 6.99. The number of aryl methyl sites for hydroxylation is 1. The predicted molar refractivity (Wildman–Crippen MR) is 96.7 cm³/mol. The highest BCUT2D eigenvalue weighted by Gasteiger charge is 2.35. The van der Waals surface area contributed by atoms with Crippen LogP contribution in [0.25, 0.3) is 11.0 Å². The van der Waals surface area contributed by atoms with Gasteiger partial charge in [0, 0.05) is 20.1 Å². The Hall–Kier alpha value is -2.88. The predicted octanol–water partition coefficient (Wildman–Crippen LogP) is 0.837. The lowest BCUT2D eigenvalue weighted by molar-refractivity contribution is 0.0719. The second-order valence-electron chi connectivity index (χ2n) is 6.50. The molecular weight excluding hydrogens is 368 g/mol. The number of aromatic nitrogens is 5. The van der Waals surface area contributed by atoms with Crippen molar-refractivity contribution in [1.29, 1.82) is 0 Å². The van der Waals surface area contributed by atoms with E-state index in [4.69, 9.17) is 0 Å². The van der Waals surface area contributed by atoms with Gasteiger partial charge in [-0.05, 0) is 25.0 Å². The van der Waals surface area contributed by atoms with E-state index >= 15 is 0 Å². The fraction of sp³-hybridized carbons (Fsp3) is 0.353. The molecule has 1 saturated heterocycles. The van der Waals surface area contributed by atoms with Crippen molar-refractivity contribution < 1.29 is 13.2 Å². The van der Waals surface area contributed by atoms with Crippen molar-refractivity contribution in [3.8, 4) is 0 Å². The zero-order valence-corrected chi connectivity index (χ0v) is 15.5. The van der Waals surface area contributed by atoms with E-state index in [-0.39, 0.29) is 16.8 Å². The summed E-state index contributed by atoms with van der Waals surface area (Å²) in [4.78, 5) is 23.0. The Bertz CT molecular complexity index is 1100. The van der Waals surface area contributed by atoms with E-state index in [1.54, 1.807) is 18.0 Å². The maximum absolute atomic E-state index is 12.7. The van der Waals surface area contributed by atoms with Crippen LogP contribution in [0.5, 0.6) is 0 Å². The van der Waals surface area contributed by atoms with E-state index in [2.05, 4.69) is 20.2 Å². The molecular formula is C17H18N6O3S. The fourth-order valence-electron chi connectivity index (χ4n) is 3.27. The Kier molecular flexibility index (Phi) is 4.34. The molecule has 3 heterocycles. The smallest absolute Gasteiger partial charge is 0.274 e. The number of nitrogens with zero attached hydrogens (tertiary/aromatic N) is 6. The summed E-state index contributed by atoms with van der Waals surface area (Å²) in [5.74, 6) is -0.234. The van der Waals surface area contributed by atoms with Crippen molar-refractivity contribution in [2.24, 2.45) is 7.05 Å². The molecule has 4 rings (SSSR count). The number of rotatable bonds is 3. The first-order valence-corrected chi connectivity index (χ1v) is 10.1. The van der Waals surface area contributed by atoms with E-state index in [1.807, 2.05) is 18.2 Å². The summed E-state index contributed by atoms with van der Waals surface area (Å²) in [7, 11) is -1.97. The maximum Gasteiger partial charge on any atom is 0.274 e. The summed E-state index contributed by atoms with van der Waals surface area (Å²) in [6, 6.07) is 7.34. The Morgan fingerprint density at radius 3 is 2.52 bits per heavy atom. The van der Waals surface area contributed by atoms with E-state index in [0.717, 1.165) is 5.52 Å². The van der Waals surface area contributed by atoms with Crippen LogP contribution in [-0.4, -0.2) is 62.3 Å². The molecule has 0 unspecified atom stereocenters. The summed E-state index contributed by atoms with van der Waals surface area (Å²) >= 11 is 0. The number of amides is 1. The number of piperidine rings is 1. The third-order valence-electron chi connectivity index (χ3n) is 4.76. The topological polar surface area (TPSA) is 111 Å². The molecule has 3 aromatic rings. The van der Waals surface area contributed by atoms with Gasteiger partial charge in [-0.1, -0.05) is 12.1 Å². The van der Waals surface area contributed by atoms with Crippen LogP contribution < -0.4 is 0 Å². The average molecular weight is 386 g/mol. The molecule has 27 heavy (non-hydrogen) atoms. The molecule has 1 aromatic carbocycles. The Morgan fingerprint density at radius 2 is 1.85 bits per heavy atom. The van der Waals surface area contributed by atoms with Gasteiger partial charge in [-0.2, -0.15) is 0 Å². The molecule has 0 bridgehead atoms. The molecule has 1 aliphatic heterocycles. The van der Waals surface area contributed by atoms with Crippen LogP contribution in [0.4, 0.5) is 0 Å². The molecule has 9 nitrogen and oxygen atoms in total. The second-order valence-corrected chi connectivity index (χ2v) is 8.63. The van der Waals surface area contributed by atoms with Crippen molar-refractivity contribution in [2.75, 3.05) is 13.1 Å². The number of likely N-dealkylation sites (tertiary alicyclic amines) is 1. The van der Waals surface area contributed by atoms with Crippen LogP contribution in [0.15, 0.2) is 41.9 Å². The Labute approximate surface area is 156 Å². The summed E-state index contributed by atoms with van der Waals surface area (Å²) in [5, 5.41) is 6.75. The molecule has 10 heteroatoms. The number of para-hydroxylation sites is 2. The SMILES string of the molecule is Cn1cnnc1S(=O)(=O)C1CCN(C(=O)c2cnc3ccccc3n2)CC1. The zero-order chi connectivity index (χ0) is 19.0. The fourth-order valence-corrected chi connectivity index (χ4v) is 5.01. The molecule has 0 radical (unpaired) electrons. The van der Waals surface area contributed by atoms with Gasteiger partial charge in [-0.3, -0.25) is 9.78 Å². The monoisotopic (exact) mass is 386 g/mol. The zero-order valence-electron chi connectivity index (χ0n) is 14.7. The van der Waals surface area contributed by atoms with Crippen molar-refractivity contribution in [3.63, 3.8) is 0 Å². The number of hydrogen-bond donors (Lipinski definition) is 0. The minimum absolute atomic E-state index is 0.0346. The lowest BCUT2D eigenvalue weighted by Gasteiger charge is -2.31. The number of benzene rings is 1. The quantitative estimate of drug-likeness (QED) is 0.656. The van der Waals surface area contributed by atoms with E-state index in [1.165, 1.54) is 17.1 Å².